The van der Waals surface area contributed by atoms with Crippen LogP contribution in [0.2, 0.25) is 0 Å². The van der Waals surface area contributed by atoms with E-state index in [4.69, 9.17) is 14.8 Å². The lowest BCUT2D eigenvalue weighted by Crippen LogP contribution is -2.22. The number of carboxylic acids is 1. The molecule has 0 aliphatic heterocycles. The van der Waals surface area contributed by atoms with Crippen molar-refractivity contribution in [1.29, 1.82) is 0 Å². The molecule has 1 aliphatic carbocycles. The number of benzene rings is 2. The van der Waals surface area contributed by atoms with Crippen molar-refractivity contribution in [2.75, 3.05) is 25.1 Å². The van der Waals surface area contributed by atoms with Crippen LogP contribution in [0.1, 0.15) is 47.4 Å². The molecule has 0 saturated carbocycles. The zero-order valence-corrected chi connectivity index (χ0v) is 19.5. The Morgan fingerprint density at radius 3 is 2.73 bits per heavy atom. The Labute approximate surface area is 195 Å². The van der Waals surface area contributed by atoms with Crippen LogP contribution >= 0.6 is 0 Å². The Morgan fingerprint density at radius 2 is 1.97 bits per heavy atom. The first kappa shape index (κ1) is 22.8. The van der Waals surface area contributed by atoms with E-state index in [-0.39, 0.29) is 12.3 Å². The molecule has 1 heterocycles. The summed E-state index contributed by atoms with van der Waals surface area (Å²) in [6, 6.07) is 14.3. The van der Waals surface area contributed by atoms with Crippen LogP contribution in [0.25, 0.3) is 11.4 Å². The third-order valence-corrected chi connectivity index (χ3v) is 6.26. The van der Waals surface area contributed by atoms with Gasteiger partial charge in [-0.25, -0.2) is 9.97 Å². The summed E-state index contributed by atoms with van der Waals surface area (Å²) in [5.74, 6) is 1.91. The summed E-state index contributed by atoms with van der Waals surface area (Å²) >= 11 is 0. The molecule has 0 radical (unpaired) electrons. The van der Waals surface area contributed by atoms with Crippen LogP contribution in [0.5, 0.6) is 5.75 Å². The van der Waals surface area contributed by atoms with Crippen molar-refractivity contribution in [3.05, 3.63) is 70.9 Å². The second kappa shape index (κ2) is 10.0. The molecule has 1 aromatic heterocycles. The molecule has 3 aromatic rings. The molecule has 0 bridgehead atoms. The third kappa shape index (κ3) is 5.51. The highest BCUT2D eigenvalue weighted by Crippen LogP contribution is 2.37. The van der Waals surface area contributed by atoms with Crippen molar-refractivity contribution in [3.63, 3.8) is 0 Å². The van der Waals surface area contributed by atoms with E-state index >= 15 is 0 Å². The number of nitrogens with zero attached hydrogens (tertiary/aromatic N) is 3. The number of ether oxygens (including phenoxy) is 1. The standard InChI is InChI=1S/C27H31N3O3/c1-18-5-7-20(8-6-18)26-28-17-19(2)27(29-26)30(3)13-4-14-33-23-11-12-24-21(15-23)9-10-22(24)16-25(31)32/h5-8,11-12,15,17,22H,4,9-10,13-14,16H2,1-3H3,(H,31,32)/t22-/m0/s1. The lowest BCUT2D eigenvalue weighted by atomic mass is 9.98. The highest BCUT2D eigenvalue weighted by molar-refractivity contribution is 5.68. The van der Waals surface area contributed by atoms with Crippen molar-refractivity contribution >= 4 is 11.8 Å². The summed E-state index contributed by atoms with van der Waals surface area (Å²) in [4.78, 5) is 22.5. The number of aliphatic carboxylic acids is 1. The van der Waals surface area contributed by atoms with E-state index in [0.29, 0.717) is 6.61 Å². The molecule has 6 heteroatoms. The monoisotopic (exact) mass is 445 g/mol. The van der Waals surface area contributed by atoms with Gasteiger partial charge >= 0.3 is 5.97 Å². The van der Waals surface area contributed by atoms with E-state index in [9.17, 15) is 4.79 Å². The maximum atomic E-state index is 11.1. The van der Waals surface area contributed by atoms with Gasteiger partial charge in [-0.1, -0.05) is 35.9 Å². The largest absolute Gasteiger partial charge is 0.494 e. The van der Waals surface area contributed by atoms with Gasteiger partial charge in [-0.05, 0) is 62.3 Å². The molecular weight excluding hydrogens is 414 g/mol. The average molecular weight is 446 g/mol. The average Bonchev–Trinajstić information content (AvgIpc) is 3.19. The molecule has 0 fully saturated rings. The van der Waals surface area contributed by atoms with Crippen LogP contribution in [0.15, 0.2) is 48.7 Å². The van der Waals surface area contributed by atoms with Crippen molar-refractivity contribution in [2.24, 2.45) is 0 Å². The van der Waals surface area contributed by atoms with Gasteiger partial charge in [0.25, 0.3) is 0 Å². The summed E-state index contributed by atoms with van der Waals surface area (Å²) in [6.07, 6.45) is 4.76. The molecule has 6 nitrogen and oxygen atoms in total. The van der Waals surface area contributed by atoms with E-state index in [1.54, 1.807) is 0 Å². The first-order valence-corrected chi connectivity index (χ1v) is 11.5. The molecule has 0 unspecified atom stereocenters. The number of carboxylic acid groups (broad SMARTS) is 1. The molecule has 1 N–H and O–H groups in total. The van der Waals surface area contributed by atoms with Gasteiger partial charge in [0.1, 0.15) is 11.6 Å². The Hall–Kier alpha value is -3.41. The number of aryl methyl sites for hydroxylation is 3. The van der Waals surface area contributed by atoms with Crippen molar-refractivity contribution in [3.8, 4) is 17.1 Å². The van der Waals surface area contributed by atoms with Gasteiger partial charge in [-0.15, -0.1) is 0 Å². The van der Waals surface area contributed by atoms with Gasteiger partial charge in [0.05, 0.1) is 13.0 Å². The van der Waals surface area contributed by atoms with Crippen LogP contribution in [0, 0.1) is 13.8 Å². The SMILES string of the molecule is Cc1ccc(-c2ncc(C)c(N(C)CCCOc3ccc4c(c3)CC[C@H]4CC(=O)O)n2)cc1. The second-order valence-corrected chi connectivity index (χ2v) is 8.88. The Balaban J connectivity index is 1.32. The predicted octanol–water partition coefficient (Wildman–Crippen LogP) is 5.17. The fourth-order valence-electron chi connectivity index (χ4n) is 4.45. The molecule has 4 rings (SSSR count). The lowest BCUT2D eigenvalue weighted by molar-refractivity contribution is -0.137. The van der Waals surface area contributed by atoms with Gasteiger partial charge < -0.3 is 14.7 Å². The molecule has 2 aromatic carbocycles. The molecule has 0 saturated heterocycles. The van der Waals surface area contributed by atoms with Crippen molar-refractivity contribution < 1.29 is 14.6 Å². The first-order chi connectivity index (χ1) is 15.9. The molecule has 0 spiro atoms. The first-order valence-electron chi connectivity index (χ1n) is 11.5. The fraction of sp³-hybridized carbons (Fsp3) is 0.370. The molecule has 1 aliphatic rings. The summed E-state index contributed by atoms with van der Waals surface area (Å²) in [5.41, 5.74) is 5.65. The minimum Gasteiger partial charge on any atom is -0.494 e. The summed E-state index contributed by atoms with van der Waals surface area (Å²) < 4.78 is 5.99. The number of anilines is 1. The van der Waals surface area contributed by atoms with E-state index in [0.717, 1.165) is 59.9 Å². The molecule has 0 amide bonds. The van der Waals surface area contributed by atoms with Crippen LogP contribution in [0.4, 0.5) is 5.82 Å². The summed E-state index contributed by atoms with van der Waals surface area (Å²) in [6.45, 7) is 5.52. The number of hydrogen-bond acceptors (Lipinski definition) is 5. The number of fused-ring (bicyclic) bond motifs is 1. The Kier molecular flexibility index (Phi) is 6.92. The van der Waals surface area contributed by atoms with Gasteiger partial charge in [-0.2, -0.15) is 0 Å². The predicted molar refractivity (Wildman–Crippen MR) is 130 cm³/mol. The maximum absolute atomic E-state index is 11.1. The van der Waals surface area contributed by atoms with Gasteiger partial charge in [0.15, 0.2) is 5.82 Å². The minimum atomic E-state index is -0.734. The zero-order valence-electron chi connectivity index (χ0n) is 19.5. The topological polar surface area (TPSA) is 75.6 Å². The second-order valence-electron chi connectivity index (χ2n) is 8.88. The summed E-state index contributed by atoms with van der Waals surface area (Å²) in [5, 5.41) is 9.09. The van der Waals surface area contributed by atoms with E-state index in [1.807, 2.05) is 32.3 Å². The Morgan fingerprint density at radius 1 is 1.18 bits per heavy atom. The highest BCUT2D eigenvalue weighted by Gasteiger charge is 2.24. The number of rotatable bonds is 9. The number of carbonyl (C=O) groups is 1. The number of aromatic nitrogens is 2. The number of hydrogen-bond donors (Lipinski definition) is 1. The van der Waals surface area contributed by atoms with Crippen LogP contribution in [-0.4, -0.2) is 41.2 Å². The van der Waals surface area contributed by atoms with E-state index in [1.165, 1.54) is 11.1 Å². The third-order valence-electron chi connectivity index (χ3n) is 6.26. The van der Waals surface area contributed by atoms with E-state index < -0.39 is 5.97 Å². The van der Waals surface area contributed by atoms with Crippen LogP contribution in [0.3, 0.4) is 0 Å². The Bertz CT molecular complexity index is 1130. The van der Waals surface area contributed by atoms with Gasteiger partial charge in [0.2, 0.25) is 0 Å². The van der Waals surface area contributed by atoms with Crippen LogP contribution < -0.4 is 9.64 Å². The normalized spacial score (nSPS) is 14.7. The maximum Gasteiger partial charge on any atom is 0.303 e. The minimum absolute atomic E-state index is 0.126. The van der Waals surface area contributed by atoms with Crippen molar-refractivity contribution in [2.45, 2.75) is 45.4 Å². The zero-order chi connectivity index (χ0) is 23.4. The smallest absolute Gasteiger partial charge is 0.303 e. The molecule has 1 atom stereocenters. The van der Waals surface area contributed by atoms with Crippen LogP contribution in [-0.2, 0) is 11.2 Å². The fourth-order valence-corrected chi connectivity index (χ4v) is 4.45. The molecule has 33 heavy (non-hydrogen) atoms. The van der Waals surface area contributed by atoms with Gasteiger partial charge in [0, 0.05) is 30.9 Å². The molecular formula is C27H31N3O3. The van der Waals surface area contributed by atoms with E-state index in [2.05, 4.69) is 47.1 Å². The molecule has 172 valence electrons. The highest BCUT2D eigenvalue weighted by atomic mass is 16.5. The summed E-state index contributed by atoms with van der Waals surface area (Å²) in [7, 11) is 2.05. The lowest BCUT2D eigenvalue weighted by Gasteiger charge is -2.21. The van der Waals surface area contributed by atoms with Gasteiger partial charge in [-0.3, -0.25) is 4.79 Å². The van der Waals surface area contributed by atoms with Crippen molar-refractivity contribution in [1.82, 2.24) is 9.97 Å². The quantitative estimate of drug-likeness (QED) is 0.458.